The smallest absolute Gasteiger partial charge is 0.354 e. The van der Waals surface area contributed by atoms with Crippen LogP contribution in [0.4, 0.5) is 17.6 Å². The van der Waals surface area contributed by atoms with Gasteiger partial charge in [0.1, 0.15) is 47.3 Å². The van der Waals surface area contributed by atoms with E-state index in [1.165, 1.54) is 32.8 Å². The van der Waals surface area contributed by atoms with Gasteiger partial charge in [-0.3, -0.25) is 33.6 Å². The molecule has 14 nitrogen and oxygen atoms in total. The Morgan fingerprint density at radius 1 is 1.00 bits per heavy atom. The fourth-order valence-electron chi connectivity index (χ4n) is 8.62. The molecule has 20 heteroatoms. The van der Waals surface area contributed by atoms with Gasteiger partial charge in [0, 0.05) is 43.5 Å². The van der Waals surface area contributed by atoms with Crippen molar-refractivity contribution >= 4 is 64.6 Å². The number of nitrogens with one attached hydrogen (secondary N) is 4. The largest absolute Gasteiger partial charge is 0.403 e. The Labute approximate surface area is 375 Å². The summed E-state index contributed by atoms with van der Waals surface area (Å²) in [6, 6.07) is -1.82. The number of carbonyl (C=O) groups is 7. The molecule has 4 fully saturated rings. The number of rotatable bonds is 10. The number of hydrogen-bond acceptors (Lipinski definition) is 7. The van der Waals surface area contributed by atoms with Gasteiger partial charge in [-0.05, 0) is 101 Å². The van der Waals surface area contributed by atoms with Crippen LogP contribution in [0.2, 0.25) is 10.0 Å². The molecule has 4 aliphatic rings. The van der Waals surface area contributed by atoms with Crippen molar-refractivity contribution in [1.82, 2.24) is 36.0 Å². The van der Waals surface area contributed by atoms with Crippen molar-refractivity contribution in [1.29, 1.82) is 0 Å². The highest BCUT2D eigenvalue weighted by Crippen LogP contribution is 2.54. The molecule has 2 saturated heterocycles. The van der Waals surface area contributed by atoms with Gasteiger partial charge in [0.25, 0.3) is 0 Å². The Balaban J connectivity index is 1.42. The second kappa shape index (κ2) is 19.9. The summed E-state index contributed by atoms with van der Waals surface area (Å²) in [5.74, 6) is -6.11. The number of benzene rings is 1. The van der Waals surface area contributed by atoms with E-state index in [9.17, 15) is 51.1 Å². The molecular formula is C43H59Cl2F4N7O7. The van der Waals surface area contributed by atoms with E-state index in [2.05, 4.69) is 21.3 Å². The fraction of sp³-hybridized carbons (Fsp3) is 0.698. The summed E-state index contributed by atoms with van der Waals surface area (Å²) in [6.07, 6.45) is -6.26. The Morgan fingerprint density at radius 3 is 2.25 bits per heavy atom. The summed E-state index contributed by atoms with van der Waals surface area (Å²) in [7, 11) is 2.76. The molecule has 0 bridgehead atoms. The van der Waals surface area contributed by atoms with E-state index in [4.69, 9.17) is 23.2 Å². The topological polar surface area (TPSA) is 177 Å². The first-order valence-corrected chi connectivity index (χ1v) is 22.3. The van der Waals surface area contributed by atoms with Crippen LogP contribution in [-0.2, 0) is 40.0 Å². The molecule has 1 unspecified atom stereocenters. The van der Waals surface area contributed by atoms with Crippen LogP contribution in [0.1, 0.15) is 97.5 Å². The summed E-state index contributed by atoms with van der Waals surface area (Å²) in [4.78, 5) is 101. The van der Waals surface area contributed by atoms with Crippen LogP contribution in [-0.4, -0.2) is 131 Å². The average Bonchev–Trinajstić information content (AvgIpc) is 3.94. The number of hydrogen-bond donors (Lipinski definition) is 4. The summed E-state index contributed by atoms with van der Waals surface area (Å²) in [6.45, 7) is 6.17. The second-order valence-corrected chi connectivity index (χ2v) is 19.3. The molecule has 5 rings (SSSR count). The highest BCUT2D eigenvalue weighted by Gasteiger charge is 2.66. The molecule has 4 N–H and O–H groups in total. The maximum Gasteiger partial charge on any atom is 0.403 e. The van der Waals surface area contributed by atoms with Gasteiger partial charge in [0.05, 0.1) is 6.54 Å². The van der Waals surface area contributed by atoms with Crippen molar-refractivity contribution in [2.24, 2.45) is 17.3 Å². The van der Waals surface area contributed by atoms with Crippen LogP contribution in [0.3, 0.4) is 0 Å². The Morgan fingerprint density at radius 2 is 1.67 bits per heavy atom. The van der Waals surface area contributed by atoms with E-state index in [0.29, 0.717) is 41.2 Å². The Kier molecular flexibility index (Phi) is 15.7. The van der Waals surface area contributed by atoms with Gasteiger partial charge in [-0.2, -0.15) is 13.2 Å². The minimum atomic E-state index is -4.89. The molecule has 0 aromatic heterocycles. The number of likely N-dealkylation sites (tertiary alicyclic amines) is 1. The van der Waals surface area contributed by atoms with E-state index in [1.807, 2.05) is 13.8 Å². The highest BCUT2D eigenvalue weighted by atomic mass is 35.5. The second-order valence-electron chi connectivity index (χ2n) is 18.5. The monoisotopic (exact) mass is 931 g/mol. The van der Waals surface area contributed by atoms with Crippen molar-refractivity contribution in [3.63, 3.8) is 0 Å². The fourth-order valence-corrected chi connectivity index (χ4v) is 9.01. The predicted molar refractivity (Wildman–Crippen MR) is 226 cm³/mol. The maximum atomic E-state index is 14.8. The van der Waals surface area contributed by atoms with E-state index in [0.717, 1.165) is 4.90 Å². The van der Waals surface area contributed by atoms with E-state index in [1.54, 1.807) is 18.2 Å². The van der Waals surface area contributed by atoms with Crippen molar-refractivity contribution in [3.8, 4) is 0 Å². The van der Waals surface area contributed by atoms with Crippen molar-refractivity contribution in [2.75, 3.05) is 27.2 Å². The third kappa shape index (κ3) is 11.4. The number of nitrogens with zero attached hydrogens (tertiary/aromatic N) is 3. The van der Waals surface area contributed by atoms with Gasteiger partial charge in [-0.1, -0.05) is 43.5 Å². The molecular weight excluding hydrogens is 873 g/mol. The molecule has 6 atom stereocenters. The lowest BCUT2D eigenvalue weighted by molar-refractivity contribution is -0.248. The van der Waals surface area contributed by atoms with Crippen LogP contribution in [0.25, 0.3) is 0 Å². The summed E-state index contributed by atoms with van der Waals surface area (Å²) in [5, 5.41) is 11.6. The van der Waals surface area contributed by atoms with Gasteiger partial charge >= 0.3 is 6.18 Å². The van der Waals surface area contributed by atoms with Crippen molar-refractivity contribution in [3.05, 3.63) is 33.8 Å². The minimum Gasteiger partial charge on any atom is -0.354 e. The van der Waals surface area contributed by atoms with E-state index in [-0.39, 0.29) is 43.2 Å². The number of amides is 7. The lowest BCUT2D eigenvalue weighted by atomic mass is 9.67. The Bertz CT molecular complexity index is 1930. The summed E-state index contributed by atoms with van der Waals surface area (Å²) in [5.41, 5.74) is -3.68. The predicted octanol–water partition coefficient (Wildman–Crippen LogP) is 4.48. The molecule has 2 aliphatic heterocycles. The first-order valence-electron chi connectivity index (χ1n) is 21.6. The normalized spacial score (nSPS) is 26.6. The molecule has 2 heterocycles. The molecule has 1 aromatic carbocycles. The van der Waals surface area contributed by atoms with Gasteiger partial charge in [-0.15, -0.1) is 0 Å². The molecule has 1 aromatic rings. The minimum absolute atomic E-state index is 0.0533. The van der Waals surface area contributed by atoms with Crippen LogP contribution in [0, 0.1) is 17.3 Å². The standard InChI is InChI=1S/C43H59Cl2F4N7O7/c1-23(2)18-29-37(60)55(6)31(20-25-19-26(44)13-14-28(25)45)36(59)53-41(3,4)39(62)50-17-8-7-10-30(34(57)51-29)54(5)38(61)33(24-11-12-24)52-35(58)32-21-27(46)22-56(32)40(63)42(15-9-16-42)43(47,48)49/h13-14,19,23-24,27,29-33H,7-12,15-18,20-22H2,1-6H3,(H,50,62)(H,51,57)(H,52,58)(H,53,59)/t27-,29+,30+,31+,32+,33?/m1/s1. The molecule has 7 amide bonds. The van der Waals surface area contributed by atoms with Gasteiger partial charge < -0.3 is 36.0 Å². The van der Waals surface area contributed by atoms with Crippen LogP contribution >= 0.6 is 23.2 Å². The van der Waals surface area contributed by atoms with E-state index >= 15 is 0 Å². The van der Waals surface area contributed by atoms with Gasteiger partial charge in [0.15, 0.2) is 0 Å². The summed E-state index contributed by atoms with van der Waals surface area (Å²) >= 11 is 12.8. The Hall–Kier alpha value is -4.19. The summed E-state index contributed by atoms with van der Waals surface area (Å²) < 4.78 is 57.3. The number of carbonyl (C=O) groups excluding carboxylic acids is 7. The van der Waals surface area contributed by atoms with Crippen LogP contribution in [0.5, 0.6) is 0 Å². The zero-order valence-electron chi connectivity index (χ0n) is 36.5. The SMILES string of the molecule is CC(C)C[C@@H]1NC(=O)[C@@H](N(C)C(=O)C(NC(=O)[C@@H]2C[C@@H](F)CN2C(=O)C2(C(F)(F)F)CCC2)C2CC2)CCCCNC(=O)C(C)(C)NC(=O)[C@H](Cc2cc(Cl)ccc2Cl)N(C)C1=O. The molecule has 63 heavy (non-hydrogen) atoms. The number of alkyl halides is 4. The van der Waals surface area contributed by atoms with Gasteiger partial charge in [-0.25, -0.2) is 4.39 Å². The highest BCUT2D eigenvalue weighted by molar-refractivity contribution is 6.33. The zero-order valence-corrected chi connectivity index (χ0v) is 38.0. The third-order valence-corrected chi connectivity index (χ3v) is 13.4. The molecule has 2 aliphatic carbocycles. The molecule has 0 radical (unpaired) electrons. The average molecular weight is 933 g/mol. The van der Waals surface area contributed by atoms with Crippen molar-refractivity contribution in [2.45, 2.75) is 146 Å². The van der Waals surface area contributed by atoms with Crippen LogP contribution < -0.4 is 21.3 Å². The third-order valence-electron chi connectivity index (χ3n) is 12.8. The zero-order chi connectivity index (χ0) is 46.8. The first kappa shape index (κ1) is 49.8. The molecule has 350 valence electrons. The number of halogens is 6. The maximum absolute atomic E-state index is 14.8. The number of likely N-dealkylation sites (N-methyl/N-ethyl adjacent to an activating group) is 2. The lowest BCUT2D eigenvalue weighted by Gasteiger charge is -2.44. The quantitative estimate of drug-likeness (QED) is 0.250. The first-order chi connectivity index (χ1) is 29.4. The van der Waals surface area contributed by atoms with Crippen molar-refractivity contribution < 1.29 is 51.1 Å². The molecule has 0 spiro atoms. The lowest BCUT2D eigenvalue weighted by Crippen LogP contribution is -2.62. The van der Waals surface area contributed by atoms with Gasteiger partial charge in [0.2, 0.25) is 41.4 Å². The molecule has 2 saturated carbocycles. The van der Waals surface area contributed by atoms with E-state index < -0.39 is 127 Å². The van der Waals surface area contributed by atoms with Crippen LogP contribution in [0.15, 0.2) is 18.2 Å².